The number of hydrogen-bond acceptors (Lipinski definition) is 8. The Bertz CT molecular complexity index is 1920. The third-order valence-corrected chi connectivity index (χ3v) is 10.4. The molecule has 0 saturated heterocycles. The highest BCUT2D eigenvalue weighted by Gasteiger charge is 2.37. The molecule has 272 valence electrons. The van der Waals surface area contributed by atoms with E-state index in [0.29, 0.717) is 17.1 Å². The van der Waals surface area contributed by atoms with Gasteiger partial charge in [0.15, 0.2) is 11.5 Å². The minimum atomic E-state index is -4.55. The fourth-order valence-electron chi connectivity index (χ4n) is 5.40. The van der Waals surface area contributed by atoms with E-state index in [1.54, 1.807) is 38.1 Å². The topological polar surface area (TPSA) is 124 Å². The number of carbonyl (C=O) groups excluding carboxylic acids is 2. The van der Waals surface area contributed by atoms with Crippen LogP contribution in [0.15, 0.2) is 89.8 Å². The Morgan fingerprint density at radius 2 is 1.39 bits per heavy atom. The summed E-state index contributed by atoms with van der Waals surface area (Å²) in [6.07, 6.45) is 0.109. The number of nitrogens with one attached hydrogen (secondary N) is 1. The van der Waals surface area contributed by atoms with Crippen LogP contribution in [-0.2, 0) is 32.6 Å². The van der Waals surface area contributed by atoms with Gasteiger partial charge in [-0.3, -0.25) is 13.9 Å². The number of sulfonamides is 1. The van der Waals surface area contributed by atoms with Crippen LogP contribution in [0.2, 0.25) is 10.0 Å². The summed E-state index contributed by atoms with van der Waals surface area (Å²) in [7, 11) is 1.08. The molecule has 0 aliphatic rings. The lowest BCUT2D eigenvalue weighted by Crippen LogP contribution is -2.54. The molecule has 0 bridgehead atoms. The Morgan fingerprint density at radius 1 is 0.765 bits per heavy atom. The quantitative estimate of drug-likeness (QED) is 0.140. The molecule has 14 heteroatoms. The Balaban J connectivity index is 1.93. The summed E-state index contributed by atoms with van der Waals surface area (Å²) < 4.78 is 52.0. The van der Waals surface area contributed by atoms with Crippen LogP contribution in [0, 0.1) is 0 Å². The first-order valence-corrected chi connectivity index (χ1v) is 18.1. The largest absolute Gasteiger partial charge is 0.497 e. The maximum absolute atomic E-state index is 14.9. The van der Waals surface area contributed by atoms with Crippen molar-refractivity contribution in [2.45, 2.75) is 43.8 Å². The van der Waals surface area contributed by atoms with Crippen molar-refractivity contribution in [2.75, 3.05) is 39.3 Å². The minimum Gasteiger partial charge on any atom is -0.497 e. The van der Waals surface area contributed by atoms with Crippen LogP contribution in [0.1, 0.15) is 25.0 Å². The van der Waals surface area contributed by atoms with E-state index >= 15 is 0 Å². The van der Waals surface area contributed by atoms with E-state index < -0.39 is 34.4 Å². The van der Waals surface area contributed by atoms with Crippen molar-refractivity contribution >= 4 is 50.7 Å². The molecule has 0 aliphatic heterocycles. The van der Waals surface area contributed by atoms with E-state index in [-0.39, 0.29) is 51.1 Å². The normalized spacial score (nSPS) is 11.8. The number of anilines is 1. The van der Waals surface area contributed by atoms with Gasteiger partial charge >= 0.3 is 0 Å². The molecule has 0 aliphatic carbocycles. The highest BCUT2D eigenvalue weighted by Crippen LogP contribution is 2.38. The molecule has 51 heavy (non-hydrogen) atoms. The molecular formula is C37H41Cl2N3O8S. The zero-order chi connectivity index (χ0) is 37.3. The van der Waals surface area contributed by atoms with Gasteiger partial charge in [0.05, 0.1) is 39.0 Å². The number of hydrogen-bond donors (Lipinski definition) is 1. The van der Waals surface area contributed by atoms with Crippen LogP contribution in [-0.4, -0.2) is 72.2 Å². The number of benzene rings is 4. The summed E-state index contributed by atoms with van der Waals surface area (Å²) in [5.74, 6) is -0.250. The summed E-state index contributed by atoms with van der Waals surface area (Å²) in [6.45, 7) is 2.64. The lowest BCUT2D eigenvalue weighted by molar-refractivity contribution is -0.140. The Kier molecular flexibility index (Phi) is 13.4. The first-order chi connectivity index (χ1) is 24.3. The highest BCUT2D eigenvalue weighted by atomic mass is 35.5. The Hall–Kier alpha value is -4.65. The second-order valence-corrected chi connectivity index (χ2v) is 14.3. The summed E-state index contributed by atoms with van der Waals surface area (Å²) in [5, 5.41) is 3.46. The molecule has 0 radical (unpaired) electrons. The number of methoxy groups -OCH3 is 4. The molecule has 1 N–H and O–H groups in total. The monoisotopic (exact) mass is 757 g/mol. The van der Waals surface area contributed by atoms with E-state index in [0.717, 1.165) is 9.87 Å². The second kappa shape index (κ2) is 17.5. The van der Waals surface area contributed by atoms with E-state index in [2.05, 4.69) is 5.32 Å². The number of carbonyl (C=O) groups is 2. The maximum atomic E-state index is 14.9. The van der Waals surface area contributed by atoms with Crippen LogP contribution < -0.4 is 28.6 Å². The Morgan fingerprint density at radius 3 is 1.98 bits per heavy atom. The van der Waals surface area contributed by atoms with E-state index in [1.165, 1.54) is 63.7 Å². The zero-order valence-electron chi connectivity index (χ0n) is 29.2. The molecule has 4 aromatic rings. The lowest BCUT2D eigenvalue weighted by Gasteiger charge is -2.34. The van der Waals surface area contributed by atoms with Crippen molar-refractivity contribution in [2.24, 2.45) is 0 Å². The van der Waals surface area contributed by atoms with Gasteiger partial charge in [0.25, 0.3) is 10.0 Å². The van der Waals surface area contributed by atoms with Crippen LogP contribution in [0.3, 0.4) is 0 Å². The number of ether oxygens (including phenoxy) is 4. The fraction of sp³-hybridized carbons (Fsp3) is 0.297. The van der Waals surface area contributed by atoms with Gasteiger partial charge in [-0.25, -0.2) is 8.42 Å². The molecule has 0 fully saturated rings. The molecule has 0 heterocycles. The molecule has 0 unspecified atom stereocenters. The average Bonchev–Trinajstić information content (AvgIpc) is 3.12. The standard InChI is InChI=1S/C37H41Cl2N3O8S/c1-24(2)40-37(44)32(19-25-11-8-7-9-12-25)41(22-28-29(38)13-10-14-30(28)39)36(43)23-42(31-20-26(47-3)15-17-33(31)48-4)51(45,46)27-16-18-34(49-5)35(21-27)50-6/h7-18,20-21,24,32H,19,22-23H2,1-6H3,(H,40,44)/t32-/m1/s1. The lowest BCUT2D eigenvalue weighted by atomic mass is 10.0. The zero-order valence-corrected chi connectivity index (χ0v) is 31.5. The van der Waals surface area contributed by atoms with Crippen molar-refractivity contribution in [3.63, 3.8) is 0 Å². The van der Waals surface area contributed by atoms with Crippen LogP contribution in [0.4, 0.5) is 5.69 Å². The molecule has 11 nitrogen and oxygen atoms in total. The maximum Gasteiger partial charge on any atom is 0.265 e. The second-order valence-electron chi connectivity index (χ2n) is 11.7. The third kappa shape index (κ3) is 9.37. The van der Waals surface area contributed by atoms with E-state index in [4.69, 9.17) is 42.1 Å². The van der Waals surface area contributed by atoms with Gasteiger partial charge in [-0.2, -0.15) is 0 Å². The van der Waals surface area contributed by atoms with Crippen LogP contribution in [0.5, 0.6) is 23.0 Å². The van der Waals surface area contributed by atoms with Gasteiger partial charge < -0.3 is 29.2 Å². The smallest absolute Gasteiger partial charge is 0.265 e. The van der Waals surface area contributed by atoms with Gasteiger partial charge in [-0.15, -0.1) is 0 Å². The molecule has 4 rings (SSSR count). The summed E-state index contributed by atoms with van der Waals surface area (Å²) in [4.78, 5) is 30.0. The van der Waals surface area contributed by atoms with Gasteiger partial charge in [0.2, 0.25) is 11.8 Å². The molecule has 2 amide bonds. The van der Waals surface area contributed by atoms with Crippen molar-refractivity contribution in [1.29, 1.82) is 0 Å². The van der Waals surface area contributed by atoms with Gasteiger partial charge in [-0.1, -0.05) is 59.6 Å². The summed E-state index contributed by atoms with van der Waals surface area (Å²) >= 11 is 13.2. The van der Waals surface area contributed by atoms with Gasteiger partial charge in [0.1, 0.15) is 24.1 Å². The van der Waals surface area contributed by atoms with E-state index in [1.807, 2.05) is 30.3 Å². The van der Waals surface area contributed by atoms with Crippen LogP contribution in [0.25, 0.3) is 0 Å². The molecule has 4 aromatic carbocycles. The minimum absolute atomic E-state index is 0.0157. The third-order valence-electron chi connectivity index (χ3n) is 7.97. The first kappa shape index (κ1) is 39.1. The fourth-order valence-corrected chi connectivity index (χ4v) is 7.35. The highest BCUT2D eigenvalue weighted by molar-refractivity contribution is 7.92. The Labute approximate surface area is 309 Å². The number of rotatable bonds is 16. The van der Waals surface area contributed by atoms with Gasteiger partial charge in [-0.05, 0) is 55.8 Å². The van der Waals surface area contributed by atoms with Crippen LogP contribution >= 0.6 is 23.2 Å². The summed E-state index contributed by atoms with van der Waals surface area (Å²) in [6, 6.07) is 21.4. The predicted molar refractivity (Wildman–Crippen MR) is 198 cm³/mol. The number of nitrogens with zero attached hydrogens (tertiary/aromatic N) is 2. The molecule has 0 saturated carbocycles. The summed E-state index contributed by atoms with van der Waals surface area (Å²) in [5.41, 5.74) is 1.17. The van der Waals surface area contributed by atoms with Crippen molar-refractivity contribution in [3.8, 4) is 23.0 Å². The van der Waals surface area contributed by atoms with Gasteiger partial charge in [0, 0.05) is 46.7 Å². The first-order valence-electron chi connectivity index (χ1n) is 15.9. The molecule has 1 atom stereocenters. The predicted octanol–water partition coefficient (Wildman–Crippen LogP) is 6.39. The van der Waals surface area contributed by atoms with Crippen molar-refractivity contribution in [1.82, 2.24) is 10.2 Å². The average molecular weight is 759 g/mol. The van der Waals surface area contributed by atoms with E-state index in [9.17, 15) is 18.0 Å². The number of amides is 2. The van der Waals surface area contributed by atoms with Crippen molar-refractivity contribution < 1.29 is 37.0 Å². The molecule has 0 spiro atoms. The molecule has 0 aromatic heterocycles. The van der Waals surface area contributed by atoms with Crippen molar-refractivity contribution in [3.05, 3.63) is 106 Å². The molecular weight excluding hydrogens is 717 g/mol. The SMILES string of the molecule is COc1ccc(OC)c(N(CC(=O)N(Cc2c(Cl)cccc2Cl)[C@H](Cc2ccccc2)C(=O)NC(C)C)S(=O)(=O)c2ccc(OC)c(OC)c2)c1. The number of halogens is 2.